The third-order valence-electron chi connectivity index (χ3n) is 13.6. The van der Waals surface area contributed by atoms with Gasteiger partial charge in [0.2, 0.25) is 0 Å². The Bertz CT molecular complexity index is 847. The van der Waals surface area contributed by atoms with Gasteiger partial charge >= 0.3 is 0 Å². The van der Waals surface area contributed by atoms with Crippen LogP contribution in [0.3, 0.4) is 0 Å². The van der Waals surface area contributed by atoms with Crippen LogP contribution < -0.4 is 0 Å². The Kier molecular flexibility index (Phi) is 4.65. The number of ether oxygens (including phenoxy) is 1. The lowest BCUT2D eigenvalue weighted by Gasteiger charge is -2.63. The average Bonchev–Trinajstić information content (AvgIpc) is 3.33. The molecule has 0 radical (unpaired) electrons. The maximum absolute atomic E-state index is 12.9. The zero-order valence-electron chi connectivity index (χ0n) is 22.1. The number of hydrogen-bond donors (Lipinski definition) is 1. The van der Waals surface area contributed by atoms with Crippen LogP contribution in [-0.4, -0.2) is 29.2 Å². The highest BCUT2D eigenvalue weighted by Gasteiger charge is 2.82. The van der Waals surface area contributed by atoms with E-state index in [0.29, 0.717) is 39.3 Å². The summed E-state index contributed by atoms with van der Waals surface area (Å²) in [5, 5.41) is 10.4. The zero-order valence-corrected chi connectivity index (χ0v) is 22.1. The summed E-state index contributed by atoms with van der Waals surface area (Å²) >= 11 is 0. The smallest absolute Gasteiger partial charge is 0.138 e. The molecule has 1 N–H and O–H groups in total. The summed E-state index contributed by atoms with van der Waals surface area (Å²) in [6, 6.07) is 0. The predicted octanol–water partition coefficient (Wildman–Crippen LogP) is 6.56. The number of Topliss-reactive ketones (excluding diaryl/α,β-unsaturated/α-hetero) is 1. The molecule has 0 amide bonds. The van der Waals surface area contributed by atoms with E-state index in [0.717, 1.165) is 31.3 Å². The zero-order chi connectivity index (χ0) is 23.7. The topological polar surface area (TPSA) is 46.5 Å². The molecule has 1 aliphatic heterocycles. The molecule has 0 aromatic heterocycles. The molecule has 5 aliphatic carbocycles. The van der Waals surface area contributed by atoms with E-state index in [4.69, 9.17) is 4.74 Å². The first-order valence-corrected chi connectivity index (χ1v) is 14.2. The lowest BCUT2D eigenvalue weighted by molar-refractivity contribution is -0.166. The lowest BCUT2D eigenvalue weighted by atomic mass is 9.42. The minimum absolute atomic E-state index is 0.0112. The molecule has 5 saturated carbocycles. The molecular weight excluding hydrogens is 408 g/mol. The molecule has 2 spiro atoms. The second-order valence-corrected chi connectivity index (χ2v) is 15.1. The standard InChI is InChI=1S/C30H48O3/c1-25(2)21-8-9-22-28(6)13-11-20(19-7-10-24(33-17-19)26(3,4)32)27(28,5)15-16-30(22)18-29(21,30)14-12-23(25)31/h19-22,24,32H,7-18H2,1-6H3/t19-,20+,21+,22+,24-,27+,28-,29-,30+/m1/s1. The summed E-state index contributed by atoms with van der Waals surface area (Å²) in [4.78, 5) is 12.9. The summed E-state index contributed by atoms with van der Waals surface area (Å²) in [5.41, 5.74) is 1.02. The van der Waals surface area contributed by atoms with Gasteiger partial charge in [0.1, 0.15) is 5.78 Å². The molecule has 3 heteroatoms. The molecule has 0 aromatic carbocycles. The van der Waals surface area contributed by atoms with Crippen LogP contribution in [0.2, 0.25) is 0 Å². The van der Waals surface area contributed by atoms with Gasteiger partial charge in [0.05, 0.1) is 18.3 Å². The van der Waals surface area contributed by atoms with Crippen LogP contribution >= 0.6 is 0 Å². The molecule has 6 aliphatic rings. The van der Waals surface area contributed by atoms with Gasteiger partial charge in [0, 0.05) is 11.8 Å². The van der Waals surface area contributed by atoms with Crippen LogP contribution in [0.5, 0.6) is 0 Å². The van der Waals surface area contributed by atoms with E-state index in [9.17, 15) is 9.90 Å². The van der Waals surface area contributed by atoms with Gasteiger partial charge in [0.15, 0.2) is 0 Å². The van der Waals surface area contributed by atoms with Crippen molar-refractivity contribution in [2.45, 2.75) is 124 Å². The molecule has 33 heavy (non-hydrogen) atoms. The second kappa shape index (κ2) is 6.67. The van der Waals surface area contributed by atoms with Crippen molar-refractivity contribution in [3.63, 3.8) is 0 Å². The Hall–Kier alpha value is -0.410. The van der Waals surface area contributed by atoms with Crippen LogP contribution in [0.15, 0.2) is 0 Å². The molecular formula is C30H48O3. The number of ketones is 1. The molecule has 186 valence electrons. The largest absolute Gasteiger partial charge is 0.388 e. The summed E-state index contributed by atoms with van der Waals surface area (Å²) in [7, 11) is 0. The van der Waals surface area contributed by atoms with Crippen LogP contribution in [0.4, 0.5) is 0 Å². The average molecular weight is 457 g/mol. The van der Waals surface area contributed by atoms with Gasteiger partial charge in [-0.25, -0.2) is 0 Å². The number of carbonyl (C=O) groups excluding carboxylic acids is 1. The van der Waals surface area contributed by atoms with Crippen molar-refractivity contribution in [2.24, 2.45) is 50.7 Å². The molecule has 1 saturated heterocycles. The Morgan fingerprint density at radius 2 is 1.55 bits per heavy atom. The molecule has 0 bridgehead atoms. The highest BCUT2D eigenvalue weighted by molar-refractivity contribution is 5.86. The number of hydrogen-bond acceptors (Lipinski definition) is 3. The quantitative estimate of drug-likeness (QED) is 0.512. The molecule has 0 aromatic rings. The van der Waals surface area contributed by atoms with Crippen LogP contribution in [0, 0.1) is 50.7 Å². The van der Waals surface area contributed by atoms with Crippen molar-refractivity contribution >= 4 is 5.78 Å². The number of rotatable bonds is 2. The van der Waals surface area contributed by atoms with E-state index in [1.807, 2.05) is 13.8 Å². The fraction of sp³-hybridized carbons (Fsp3) is 0.967. The lowest BCUT2D eigenvalue weighted by Crippen LogP contribution is -2.57. The Morgan fingerprint density at radius 3 is 2.21 bits per heavy atom. The van der Waals surface area contributed by atoms with Gasteiger partial charge < -0.3 is 9.84 Å². The van der Waals surface area contributed by atoms with Crippen molar-refractivity contribution < 1.29 is 14.6 Å². The number of carbonyl (C=O) groups is 1. The van der Waals surface area contributed by atoms with Gasteiger partial charge in [-0.3, -0.25) is 4.79 Å². The summed E-state index contributed by atoms with van der Waals surface area (Å²) in [5.74, 6) is 3.42. The maximum atomic E-state index is 12.9. The summed E-state index contributed by atoms with van der Waals surface area (Å²) in [6.07, 6.45) is 13.8. The monoisotopic (exact) mass is 456 g/mol. The Balaban J connectivity index is 1.26. The molecule has 6 fully saturated rings. The predicted molar refractivity (Wildman–Crippen MR) is 131 cm³/mol. The fourth-order valence-electron chi connectivity index (χ4n) is 11.6. The first-order chi connectivity index (χ1) is 15.3. The minimum atomic E-state index is -0.732. The molecule has 6 rings (SSSR count). The summed E-state index contributed by atoms with van der Waals surface area (Å²) in [6.45, 7) is 14.5. The van der Waals surface area contributed by atoms with Crippen LogP contribution in [0.1, 0.15) is 112 Å². The van der Waals surface area contributed by atoms with Gasteiger partial charge in [-0.2, -0.15) is 0 Å². The van der Waals surface area contributed by atoms with Crippen molar-refractivity contribution in [1.82, 2.24) is 0 Å². The van der Waals surface area contributed by atoms with E-state index in [1.165, 1.54) is 57.8 Å². The van der Waals surface area contributed by atoms with E-state index in [1.54, 1.807) is 0 Å². The van der Waals surface area contributed by atoms with Crippen molar-refractivity contribution in [3.8, 4) is 0 Å². The number of fused-ring (bicyclic) bond motifs is 2. The van der Waals surface area contributed by atoms with Crippen molar-refractivity contribution in [2.75, 3.05) is 6.61 Å². The van der Waals surface area contributed by atoms with E-state index < -0.39 is 5.60 Å². The van der Waals surface area contributed by atoms with Gasteiger partial charge in [0.25, 0.3) is 0 Å². The first kappa shape index (κ1) is 23.0. The SMILES string of the molecule is CC(C)(O)[C@H]1CC[C@@H]([C@@H]2CC[C@]3(C)[C@@H]4CC[C@H]5C(C)(C)C(=O)CC[C@@]56C[C@@]46CC[C@@]23C)CO1. The van der Waals surface area contributed by atoms with Gasteiger partial charge in [-0.15, -0.1) is 0 Å². The molecule has 1 heterocycles. The van der Waals surface area contributed by atoms with Gasteiger partial charge in [-0.1, -0.05) is 27.7 Å². The fourth-order valence-corrected chi connectivity index (χ4v) is 11.6. The van der Waals surface area contributed by atoms with E-state index in [-0.39, 0.29) is 11.5 Å². The van der Waals surface area contributed by atoms with Crippen LogP contribution in [0.25, 0.3) is 0 Å². The van der Waals surface area contributed by atoms with Crippen LogP contribution in [-0.2, 0) is 9.53 Å². The van der Waals surface area contributed by atoms with E-state index in [2.05, 4.69) is 27.7 Å². The normalized spacial score (nSPS) is 55.2. The first-order valence-electron chi connectivity index (χ1n) is 14.2. The molecule has 9 atom stereocenters. The number of aliphatic hydroxyl groups is 1. The maximum Gasteiger partial charge on any atom is 0.138 e. The summed E-state index contributed by atoms with van der Waals surface area (Å²) < 4.78 is 6.28. The third kappa shape index (κ3) is 2.68. The second-order valence-electron chi connectivity index (χ2n) is 15.1. The van der Waals surface area contributed by atoms with Crippen molar-refractivity contribution in [1.29, 1.82) is 0 Å². The molecule has 0 unspecified atom stereocenters. The highest BCUT2D eigenvalue weighted by Crippen LogP contribution is 2.88. The van der Waals surface area contributed by atoms with Crippen molar-refractivity contribution in [3.05, 3.63) is 0 Å². The Labute approximate surface area is 201 Å². The minimum Gasteiger partial charge on any atom is -0.388 e. The highest BCUT2D eigenvalue weighted by atomic mass is 16.5. The Morgan fingerprint density at radius 1 is 0.848 bits per heavy atom. The third-order valence-corrected chi connectivity index (χ3v) is 13.6. The van der Waals surface area contributed by atoms with Gasteiger partial charge in [-0.05, 0) is 123 Å². The molecule has 3 nitrogen and oxygen atoms in total. The van der Waals surface area contributed by atoms with E-state index >= 15 is 0 Å².